The molecule has 0 aliphatic carbocycles. The van der Waals surface area contributed by atoms with E-state index >= 15 is 0 Å². The van der Waals surface area contributed by atoms with Crippen molar-refractivity contribution in [1.82, 2.24) is 4.90 Å². The highest BCUT2D eigenvalue weighted by atomic mass is 32.2. The first-order valence-corrected chi connectivity index (χ1v) is 9.22. The molecule has 0 aromatic heterocycles. The van der Waals surface area contributed by atoms with Crippen molar-refractivity contribution >= 4 is 29.2 Å². The number of amides is 1. The van der Waals surface area contributed by atoms with Crippen LogP contribution in [0.4, 0.5) is 0 Å². The first-order valence-electron chi connectivity index (χ1n) is 7.83. The average Bonchev–Trinajstić information content (AvgIpc) is 2.56. The maximum Gasteiger partial charge on any atom is 0.331 e. The minimum Gasteiger partial charge on any atom is -0.476 e. The van der Waals surface area contributed by atoms with Crippen LogP contribution < -0.4 is 0 Å². The van der Waals surface area contributed by atoms with Gasteiger partial charge in [-0.3, -0.25) is 9.69 Å². The molecule has 0 unspecified atom stereocenters. The lowest BCUT2D eigenvalue weighted by atomic mass is 9.97. The Kier molecular flexibility index (Phi) is 5.94. The fraction of sp³-hybridized carbons (Fsp3) is 0.444. The molecule has 1 aliphatic rings. The predicted molar refractivity (Wildman–Crippen MR) is 95.3 cm³/mol. The SMILES string of the molecule is CCOC(=O)C(C)(C)N1COC(CSC)=C(c2ccccc2)C1=O. The molecule has 0 atom stereocenters. The van der Waals surface area contributed by atoms with E-state index in [1.54, 1.807) is 32.5 Å². The highest BCUT2D eigenvalue weighted by molar-refractivity contribution is 7.98. The summed E-state index contributed by atoms with van der Waals surface area (Å²) in [5.41, 5.74) is 0.197. The molecule has 5 nitrogen and oxygen atoms in total. The lowest BCUT2D eigenvalue weighted by molar-refractivity contribution is -0.165. The van der Waals surface area contributed by atoms with Gasteiger partial charge in [-0.1, -0.05) is 30.3 Å². The second kappa shape index (κ2) is 7.75. The number of rotatable bonds is 6. The summed E-state index contributed by atoms with van der Waals surface area (Å²) < 4.78 is 11.0. The maximum absolute atomic E-state index is 13.1. The van der Waals surface area contributed by atoms with Crippen molar-refractivity contribution < 1.29 is 19.1 Å². The zero-order chi connectivity index (χ0) is 17.7. The fourth-order valence-corrected chi connectivity index (χ4v) is 2.98. The molecule has 0 saturated heterocycles. The number of carbonyl (C=O) groups excluding carboxylic acids is 2. The van der Waals surface area contributed by atoms with Crippen LogP contribution in [0, 0.1) is 0 Å². The van der Waals surface area contributed by atoms with Gasteiger partial charge in [0.2, 0.25) is 0 Å². The van der Waals surface area contributed by atoms with Gasteiger partial charge in [0.05, 0.1) is 17.9 Å². The Labute approximate surface area is 147 Å². The molecule has 1 amide bonds. The van der Waals surface area contributed by atoms with Crippen LogP contribution in [0.1, 0.15) is 26.3 Å². The van der Waals surface area contributed by atoms with Gasteiger partial charge in [0.1, 0.15) is 11.3 Å². The van der Waals surface area contributed by atoms with Crippen molar-refractivity contribution in [2.24, 2.45) is 0 Å². The normalized spacial score (nSPS) is 15.3. The summed E-state index contributed by atoms with van der Waals surface area (Å²) in [5.74, 6) is 0.593. The summed E-state index contributed by atoms with van der Waals surface area (Å²) in [4.78, 5) is 26.8. The molecule has 130 valence electrons. The molecule has 1 aromatic rings. The first-order chi connectivity index (χ1) is 11.4. The van der Waals surface area contributed by atoms with Crippen molar-refractivity contribution in [3.63, 3.8) is 0 Å². The Bertz CT molecular complexity index is 640. The topological polar surface area (TPSA) is 55.8 Å². The molecule has 0 saturated carbocycles. The van der Waals surface area contributed by atoms with Crippen molar-refractivity contribution in [2.45, 2.75) is 26.3 Å². The Morgan fingerprint density at radius 1 is 1.33 bits per heavy atom. The molecule has 1 aliphatic heterocycles. The Balaban J connectivity index is 2.42. The molecule has 24 heavy (non-hydrogen) atoms. The fourth-order valence-electron chi connectivity index (χ4n) is 2.49. The Hall–Kier alpha value is -1.95. The van der Waals surface area contributed by atoms with Crippen molar-refractivity contribution in [3.8, 4) is 0 Å². The van der Waals surface area contributed by atoms with E-state index in [9.17, 15) is 9.59 Å². The zero-order valence-electron chi connectivity index (χ0n) is 14.5. The number of carbonyl (C=O) groups is 2. The number of hydrogen-bond donors (Lipinski definition) is 0. The van der Waals surface area contributed by atoms with Crippen LogP contribution in [0.3, 0.4) is 0 Å². The number of benzene rings is 1. The molecule has 0 bridgehead atoms. The Morgan fingerprint density at radius 3 is 2.58 bits per heavy atom. The largest absolute Gasteiger partial charge is 0.476 e. The van der Waals surface area contributed by atoms with E-state index in [0.717, 1.165) is 5.56 Å². The van der Waals surface area contributed by atoms with Crippen molar-refractivity contribution in [3.05, 3.63) is 41.7 Å². The third kappa shape index (κ3) is 3.59. The third-order valence-corrected chi connectivity index (χ3v) is 4.44. The van der Waals surface area contributed by atoms with Crippen molar-refractivity contribution in [1.29, 1.82) is 0 Å². The molecule has 6 heteroatoms. The molecule has 0 spiro atoms. The monoisotopic (exact) mass is 349 g/mol. The highest BCUT2D eigenvalue weighted by Gasteiger charge is 2.43. The van der Waals surface area contributed by atoms with E-state index < -0.39 is 11.5 Å². The summed E-state index contributed by atoms with van der Waals surface area (Å²) in [7, 11) is 0. The number of esters is 1. The number of nitrogens with zero attached hydrogens (tertiary/aromatic N) is 1. The van der Waals surface area contributed by atoms with Gasteiger partial charge in [-0.05, 0) is 32.6 Å². The van der Waals surface area contributed by atoms with Crippen LogP contribution in [0.2, 0.25) is 0 Å². The van der Waals surface area contributed by atoms with Gasteiger partial charge < -0.3 is 9.47 Å². The van der Waals surface area contributed by atoms with E-state index in [4.69, 9.17) is 9.47 Å². The molecule has 1 heterocycles. The van der Waals surface area contributed by atoms with E-state index in [1.807, 2.05) is 36.6 Å². The zero-order valence-corrected chi connectivity index (χ0v) is 15.3. The lowest BCUT2D eigenvalue weighted by Gasteiger charge is -2.39. The number of hydrogen-bond acceptors (Lipinski definition) is 5. The molecular formula is C18H23NO4S. The summed E-state index contributed by atoms with van der Waals surface area (Å²) in [6, 6.07) is 9.39. The quantitative estimate of drug-likeness (QED) is 0.739. The minimum atomic E-state index is -1.10. The van der Waals surface area contributed by atoms with Gasteiger partial charge in [0, 0.05) is 0 Å². The second-order valence-electron chi connectivity index (χ2n) is 5.88. The third-order valence-electron chi connectivity index (χ3n) is 3.89. The predicted octanol–water partition coefficient (Wildman–Crippen LogP) is 2.92. The van der Waals surface area contributed by atoms with Crippen molar-refractivity contribution in [2.75, 3.05) is 25.3 Å². The summed E-state index contributed by atoms with van der Waals surface area (Å²) in [6.45, 7) is 5.40. The summed E-state index contributed by atoms with van der Waals surface area (Å²) in [6.07, 6.45) is 1.96. The van der Waals surface area contributed by atoms with E-state index in [2.05, 4.69) is 0 Å². The van der Waals surface area contributed by atoms with Crippen LogP contribution >= 0.6 is 11.8 Å². The molecule has 2 rings (SSSR count). The van der Waals surface area contributed by atoms with Crippen LogP contribution in [-0.4, -0.2) is 47.7 Å². The van der Waals surface area contributed by atoms with Crippen LogP contribution in [0.15, 0.2) is 36.1 Å². The second-order valence-corrected chi connectivity index (χ2v) is 6.75. The van der Waals surface area contributed by atoms with Gasteiger partial charge in [-0.15, -0.1) is 0 Å². The molecular weight excluding hydrogens is 326 g/mol. The van der Waals surface area contributed by atoms with Gasteiger partial charge in [0.25, 0.3) is 5.91 Å². The van der Waals surface area contributed by atoms with E-state index in [-0.39, 0.29) is 19.2 Å². The van der Waals surface area contributed by atoms with Crippen LogP contribution in [0.5, 0.6) is 0 Å². The van der Waals surface area contributed by atoms with E-state index in [1.165, 1.54) is 4.90 Å². The smallest absolute Gasteiger partial charge is 0.331 e. The number of ether oxygens (including phenoxy) is 2. The summed E-state index contributed by atoms with van der Waals surface area (Å²) >= 11 is 1.59. The molecule has 0 N–H and O–H groups in total. The maximum atomic E-state index is 13.1. The van der Waals surface area contributed by atoms with E-state index in [0.29, 0.717) is 17.1 Å². The average molecular weight is 349 g/mol. The van der Waals surface area contributed by atoms with Gasteiger partial charge >= 0.3 is 5.97 Å². The number of thioether (sulfide) groups is 1. The standard InChI is InChI=1S/C18H23NO4S/c1-5-22-17(21)18(2,3)19-12-23-14(11-24-4)15(16(19)20)13-9-7-6-8-10-13/h6-10H,5,11-12H2,1-4H3. The lowest BCUT2D eigenvalue weighted by Crippen LogP contribution is -2.56. The molecule has 0 fully saturated rings. The molecule has 0 radical (unpaired) electrons. The first kappa shape index (κ1) is 18.4. The minimum absolute atomic E-state index is 0.0386. The summed E-state index contributed by atoms with van der Waals surface area (Å²) in [5, 5.41) is 0. The van der Waals surface area contributed by atoms with Crippen LogP contribution in [0.25, 0.3) is 5.57 Å². The van der Waals surface area contributed by atoms with Gasteiger partial charge in [-0.2, -0.15) is 11.8 Å². The molecule has 1 aromatic carbocycles. The van der Waals surface area contributed by atoms with Gasteiger partial charge in [-0.25, -0.2) is 4.79 Å². The highest BCUT2D eigenvalue weighted by Crippen LogP contribution is 2.32. The Morgan fingerprint density at radius 2 is 2.00 bits per heavy atom. The van der Waals surface area contributed by atoms with Gasteiger partial charge in [0.15, 0.2) is 6.73 Å². The van der Waals surface area contributed by atoms with Crippen LogP contribution in [-0.2, 0) is 19.1 Å².